The molecule has 8 N–H and O–H groups in total. The van der Waals surface area contributed by atoms with Gasteiger partial charge >= 0.3 is 0 Å². The minimum atomic E-state index is -1.66. The fraction of sp³-hybridized carbons (Fsp3) is 0.917. The highest BCUT2D eigenvalue weighted by molar-refractivity contribution is 5.80. The molecule has 1 heterocycles. The molecule has 0 aromatic heterocycles. The van der Waals surface area contributed by atoms with Gasteiger partial charge in [0, 0.05) is 0 Å². The van der Waals surface area contributed by atoms with E-state index in [2.05, 4.69) is 43.5 Å². The number of amides is 1. The topological polar surface area (TPSA) is 189 Å². The molecule has 0 aromatic carbocycles. The molecule has 1 amide bonds. The molecule has 0 aliphatic carbocycles. The van der Waals surface area contributed by atoms with Crippen LogP contribution in [0.5, 0.6) is 0 Å². The second-order valence-corrected chi connectivity index (χ2v) is 21.4. The van der Waals surface area contributed by atoms with E-state index in [1.807, 2.05) is 0 Å². The van der Waals surface area contributed by atoms with Gasteiger partial charge in [-0.2, -0.15) is 0 Å². The zero-order chi connectivity index (χ0) is 51.8. The average molecular weight is 1010 g/mol. The summed E-state index contributed by atoms with van der Waals surface area (Å²) in [5.74, 6) is -0.706. The van der Waals surface area contributed by atoms with E-state index >= 15 is 0 Å². The molecule has 0 saturated carbocycles. The van der Waals surface area contributed by atoms with Gasteiger partial charge in [-0.1, -0.05) is 244 Å². The van der Waals surface area contributed by atoms with Crippen molar-refractivity contribution in [2.75, 3.05) is 13.2 Å². The summed E-state index contributed by atoms with van der Waals surface area (Å²) in [5.41, 5.74) is 0. The lowest BCUT2D eigenvalue weighted by atomic mass is 9.98. The summed E-state index contributed by atoms with van der Waals surface area (Å²) in [5, 5.41) is 75.6. The number of aliphatic hydroxyl groups excluding tert-OH is 7. The highest BCUT2D eigenvalue weighted by Gasteiger charge is 2.44. The monoisotopic (exact) mass is 1010 g/mol. The summed E-state index contributed by atoms with van der Waals surface area (Å²) in [7, 11) is 0. The maximum absolute atomic E-state index is 13.1. The van der Waals surface area contributed by atoms with Crippen molar-refractivity contribution in [3.8, 4) is 0 Å². The minimum absolute atomic E-state index is 0.256. The van der Waals surface area contributed by atoms with Gasteiger partial charge in [-0.3, -0.25) is 4.79 Å². The number of nitrogens with one attached hydrogen (secondary N) is 1. The van der Waals surface area contributed by atoms with E-state index in [4.69, 9.17) is 9.47 Å². The molecule has 1 rings (SSSR count). The second-order valence-electron chi connectivity index (χ2n) is 21.4. The Labute approximate surface area is 435 Å². The van der Waals surface area contributed by atoms with E-state index < -0.39 is 74.2 Å². The van der Waals surface area contributed by atoms with Crippen LogP contribution in [-0.2, 0) is 14.3 Å². The fourth-order valence-electron chi connectivity index (χ4n) is 9.79. The molecular formula is C60H115NO10. The van der Waals surface area contributed by atoms with Crippen molar-refractivity contribution in [1.29, 1.82) is 0 Å². The van der Waals surface area contributed by atoms with Gasteiger partial charge in [0.05, 0.1) is 25.4 Å². The molecular weight excluding hydrogens is 895 g/mol. The van der Waals surface area contributed by atoms with Gasteiger partial charge in [0.2, 0.25) is 5.91 Å². The third-order valence-corrected chi connectivity index (χ3v) is 14.7. The third kappa shape index (κ3) is 37.9. The summed E-state index contributed by atoms with van der Waals surface area (Å²) < 4.78 is 11.1. The van der Waals surface area contributed by atoms with Crippen LogP contribution in [0.2, 0.25) is 0 Å². The lowest BCUT2D eigenvalue weighted by Crippen LogP contribution is -2.60. The molecule has 0 bridgehead atoms. The first kappa shape index (κ1) is 67.6. The highest BCUT2D eigenvalue weighted by atomic mass is 16.7. The number of unbranched alkanes of at least 4 members (excludes halogenated alkanes) is 36. The molecule has 1 fully saturated rings. The molecule has 1 aliphatic rings. The number of rotatable bonds is 52. The van der Waals surface area contributed by atoms with Crippen LogP contribution in [0.15, 0.2) is 24.3 Å². The Morgan fingerprint density at radius 3 is 1.24 bits per heavy atom. The molecule has 0 radical (unpaired) electrons. The van der Waals surface area contributed by atoms with E-state index in [0.29, 0.717) is 12.8 Å². The van der Waals surface area contributed by atoms with Crippen LogP contribution in [0.3, 0.4) is 0 Å². The molecule has 1 aliphatic heterocycles. The summed E-state index contributed by atoms with van der Waals surface area (Å²) in [6.45, 7) is 3.38. The Balaban J connectivity index is 2.08. The lowest BCUT2D eigenvalue weighted by Gasteiger charge is -2.40. The van der Waals surface area contributed by atoms with E-state index in [1.165, 1.54) is 199 Å². The molecule has 11 nitrogen and oxygen atoms in total. The Bertz CT molecular complexity index is 1200. The smallest absolute Gasteiger partial charge is 0.249 e. The van der Waals surface area contributed by atoms with Gasteiger partial charge in [0.1, 0.15) is 36.6 Å². The Morgan fingerprint density at radius 1 is 0.479 bits per heavy atom. The van der Waals surface area contributed by atoms with Gasteiger partial charge in [-0.25, -0.2) is 0 Å². The Morgan fingerprint density at radius 2 is 0.831 bits per heavy atom. The number of hydrogen-bond donors (Lipinski definition) is 8. The minimum Gasteiger partial charge on any atom is -0.394 e. The van der Waals surface area contributed by atoms with Gasteiger partial charge < -0.3 is 50.5 Å². The van der Waals surface area contributed by atoms with Gasteiger partial charge in [-0.05, 0) is 64.2 Å². The maximum Gasteiger partial charge on any atom is 0.249 e. The van der Waals surface area contributed by atoms with Crippen molar-refractivity contribution in [3.05, 3.63) is 24.3 Å². The van der Waals surface area contributed by atoms with E-state index in [9.17, 15) is 40.5 Å². The molecule has 9 unspecified atom stereocenters. The summed E-state index contributed by atoms with van der Waals surface area (Å²) in [6, 6.07) is -1.18. The third-order valence-electron chi connectivity index (χ3n) is 14.7. The SMILES string of the molecule is CCCCC/C=C/CCCC(O)C(O)C(COC1OC(CO)C(O)C(O)C1O)NC(=O)C(O)CCCCCCCCCCCCCCCCCC/C=C\CCCCCCCCCCCCCCCCCC. The van der Waals surface area contributed by atoms with Crippen LogP contribution in [-0.4, -0.2) is 110 Å². The van der Waals surface area contributed by atoms with Gasteiger partial charge in [-0.15, -0.1) is 0 Å². The zero-order valence-corrected chi connectivity index (χ0v) is 46.0. The van der Waals surface area contributed by atoms with E-state index in [-0.39, 0.29) is 12.8 Å². The van der Waals surface area contributed by atoms with Gasteiger partial charge in [0.25, 0.3) is 0 Å². The largest absolute Gasteiger partial charge is 0.394 e. The maximum atomic E-state index is 13.1. The first-order chi connectivity index (χ1) is 34.7. The summed E-state index contributed by atoms with van der Waals surface area (Å²) in [4.78, 5) is 13.1. The number of aliphatic hydroxyl groups is 7. The molecule has 0 spiro atoms. The van der Waals surface area contributed by atoms with Crippen molar-refractivity contribution in [1.82, 2.24) is 5.32 Å². The molecule has 1 saturated heterocycles. The molecule has 0 aromatic rings. The van der Waals surface area contributed by atoms with Crippen molar-refractivity contribution >= 4 is 5.91 Å². The van der Waals surface area contributed by atoms with Crippen molar-refractivity contribution in [3.63, 3.8) is 0 Å². The summed E-state index contributed by atoms with van der Waals surface area (Å²) >= 11 is 0. The fourth-order valence-corrected chi connectivity index (χ4v) is 9.79. The van der Waals surface area contributed by atoms with Gasteiger partial charge in [0.15, 0.2) is 6.29 Å². The molecule has 71 heavy (non-hydrogen) atoms. The normalized spacial score (nSPS) is 20.3. The quantitative estimate of drug-likeness (QED) is 0.0215. The Hall–Kier alpha value is -1.41. The number of carbonyl (C=O) groups excluding carboxylic acids is 1. The molecule has 11 heteroatoms. The van der Waals surface area contributed by atoms with E-state index in [1.54, 1.807) is 0 Å². The van der Waals surface area contributed by atoms with Crippen LogP contribution in [0.1, 0.15) is 284 Å². The number of carbonyl (C=O) groups is 1. The zero-order valence-electron chi connectivity index (χ0n) is 46.0. The van der Waals surface area contributed by atoms with Crippen LogP contribution >= 0.6 is 0 Å². The first-order valence-corrected chi connectivity index (χ1v) is 30.2. The van der Waals surface area contributed by atoms with Crippen LogP contribution in [0.4, 0.5) is 0 Å². The highest BCUT2D eigenvalue weighted by Crippen LogP contribution is 2.23. The van der Waals surface area contributed by atoms with Crippen molar-refractivity contribution in [2.45, 2.75) is 339 Å². The van der Waals surface area contributed by atoms with Crippen LogP contribution < -0.4 is 5.32 Å². The number of ether oxygens (including phenoxy) is 2. The second kappa shape index (κ2) is 49.5. The Kier molecular flexibility index (Phi) is 47.1. The van der Waals surface area contributed by atoms with Crippen molar-refractivity contribution < 1.29 is 50.0 Å². The van der Waals surface area contributed by atoms with E-state index in [0.717, 1.165) is 44.9 Å². The number of allylic oxidation sites excluding steroid dienone is 4. The predicted octanol–water partition coefficient (Wildman–Crippen LogP) is 12.9. The lowest BCUT2D eigenvalue weighted by molar-refractivity contribution is -0.303. The van der Waals surface area contributed by atoms with Crippen LogP contribution in [0, 0.1) is 0 Å². The molecule has 420 valence electrons. The van der Waals surface area contributed by atoms with Crippen LogP contribution in [0.25, 0.3) is 0 Å². The molecule has 9 atom stereocenters. The predicted molar refractivity (Wildman–Crippen MR) is 293 cm³/mol. The average Bonchev–Trinajstić information content (AvgIpc) is 3.37. The summed E-state index contributed by atoms with van der Waals surface area (Å²) in [6.07, 6.45) is 48.9. The number of hydrogen-bond acceptors (Lipinski definition) is 10. The first-order valence-electron chi connectivity index (χ1n) is 30.2. The van der Waals surface area contributed by atoms with Crippen molar-refractivity contribution in [2.24, 2.45) is 0 Å². The standard InChI is InChI=1S/C60H115NO10/c1-3-5-7-9-11-13-14-15-16-17-18-19-20-21-22-23-24-25-26-27-28-29-30-31-32-33-34-35-36-37-38-39-40-42-44-46-48-53(64)59(69)61-51(50-70-60-58(68)57(67)56(66)54(49-62)71-60)55(65)52(63)47-45-43-41-12-10-8-6-4-2/h12,25-26,41,51-58,60,62-68H,3-11,13-24,27-40,42-50H2,1-2H3,(H,61,69)/b26-25-,41-12+.